The van der Waals surface area contributed by atoms with E-state index in [-0.39, 0.29) is 12.3 Å². The summed E-state index contributed by atoms with van der Waals surface area (Å²) in [5.74, 6) is -1.65. The van der Waals surface area contributed by atoms with Crippen LogP contribution in [0.15, 0.2) is 35.7 Å². The minimum atomic E-state index is -4.09. The lowest BCUT2D eigenvalue weighted by molar-refractivity contribution is 0.532. The molecule has 0 spiro atoms. The highest BCUT2D eigenvalue weighted by Gasteiger charge is 2.46. The second-order valence-corrected chi connectivity index (χ2v) is 9.69. The monoisotopic (exact) mass is 347 g/mol. The van der Waals surface area contributed by atoms with E-state index < -0.39 is 47.4 Å². The molecule has 22 heavy (non-hydrogen) atoms. The molecule has 0 radical (unpaired) electrons. The van der Waals surface area contributed by atoms with E-state index in [2.05, 4.69) is 11.9 Å². The molecular formula is C14H18FNO4S2. The first-order valence-electron chi connectivity index (χ1n) is 6.72. The molecule has 1 saturated heterocycles. The van der Waals surface area contributed by atoms with E-state index in [4.69, 9.17) is 0 Å². The summed E-state index contributed by atoms with van der Waals surface area (Å²) in [7, 11) is -7.58. The first kappa shape index (κ1) is 17.1. The first-order valence-corrected chi connectivity index (χ1v) is 10.1. The summed E-state index contributed by atoms with van der Waals surface area (Å²) in [6, 6.07) is 3.01. The summed E-state index contributed by atoms with van der Waals surface area (Å²) < 4.78 is 63.0. The zero-order chi connectivity index (χ0) is 16.5. The second kappa shape index (κ2) is 6.10. The van der Waals surface area contributed by atoms with Crippen molar-refractivity contribution in [2.24, 2.45) is 0 Å². The van der Waals surface area contributed by atoms with Crippen molar-refractivity contribution in [3.8, 4) is 0 Å². The molecule has 1 aliphatic heterocycles. The molecule has 0 aliphatic carbocycles. The SMILES string of the molecule is C=CCN[C@H]1CS(=O)(=O)C[C@@H]1S(=O)(=O)c1cc(C)ccc1F. The Labute approximate surface area is 130 Å². The standard InChI is InChI=1S/C14H18FNO4S2/c1-3-6-16-12-8-21(17,18)9-14(12)22(19,20)13-7-10(2)4-5-11(13)15/h3-5,7,12,14,16H,1,6,8-9H2,2H3/t12-,14-/m0/s1. The molecule has 2 atom stereocenters. The predicted octanol–water partition coefficient (Wildman–Crippen LogP) is 0.849. The van der Waals surface area contributed by atoms with Crippen molar-refractivity contribution in [3.63, 3.8) is 0 Å². The Balaban J connectivity index is 2.46. The van der Waals surface area contributed by atoms with Crippen LogP contribution in [-0.2, 0) is 19.7 Å². The molecule has 122 valence electrons. The van der Waals surface area contributed by atoms with Crippen LogP contribution in [0.2, 0.25) is 0 Å². The number of benzene rings is 1. The van der Waals surface area contributed by atoms with Crippen molar-refractivity contribution in [3.05, 3.63) is 42.2 Å². The quantitative estimate of drug-likeness (QED) is 0.799. The normalized spacial score (nSPS) is 24.3. The molecule has 0 saturated carbocycles. The van der Waals surface area contributed by atoms with Gasteiger partial charge in [0.15, 0.2) is 19.7 Å². The average Bonchev–Trinajstić information content (AvgIpc) is 2.75. The van der Waals surface area contributed by atoms with E-state index in [9.17, 15) is 21.2 Å². The van der Waals surface area contributed by atoms with Gasteiger partial charge in [-0.2, -0.15) is 0 Å². The fourth-order valence-corrected chi connectivity index (χ4v) is 7.41. The third kappa shape index (κ3) is 3.39. The van der Waals surface area contributed by atoms with Gasteiger partial charge in [0.2, 0.25) is 0 Å². The number of rotatable bonds is 5. The number of nitrogens with one attached hydrogen (secondary N) is 1. The Hall–Kier alpha value is -1.25. The van der Waals surface area contributed by atoms with Crippen molar-refractivity contribution < 1.29 is 21.2 Å². The van der Waals surface area contributed by atoms with Crippen molar-refractivity contribution in [2.45, 2.75) is 23.1 Å². The fourth-order valence-electron chi connectivity index (χ4n) is 2.54. The smallest absolute Gasteiger partial charge is 0.186 e. The van der Waals surface area contributed by atoms with Gasteiger partial charge < -0.3 is 5.32 Å². The maximum atomic E-state index is 13.9. The maximum Gasteiger partial charge on any atom is 0.186 e. The van der Waals surface area contributed by atoms with Gasteiger partial charge in [-0.25, -0.2) is 21.2 Å². The summed E-state index contributed by atoms with van der Waals surface area (Å²) in [6.07, 6.45) is 1.52. The van der Waals surface area contributed by atoms with Crippen LogP contribution < -0.4 is 5.32 Å². The van der Waals surface area contributed by atoms with Crippen LogP contribution in [0, 0.1) is 12.7 Å². The van der Waals surface area contributed by atoms with Gasteiger partial charge in [-0.3, -0.25) is 0 Å². The highest BCUT2D eigenvalue weighted by Crippen LogP contribution is 2.28. The van der Waals surface area contributed by atoms with Crippen molar-refractivity contribution in [1.29, 1.82) is 0 Å². The minimum Gasteiger partial charge on any atom is -0.308 e. The number of aryl methyl sites for hydroxylation is 1. The lowest BCUT2D eigenvalue weighted by atomic mass is 10.2. The van der Waals surface area contributed by atoms with Gasteiger partial charge in [-0.15, -0.1) is 6.58 Å². The minimum absolute atomic E-state index is 0.280. The van der Waals surface area contributed by atoms with E-state index in [1.807, 2.05) is 0 Å². The molecule has 2 rings (SSSR count). The van der Waals surface area contributed by atoms with Gasteiger partial charge in [0.1, 0.15) is 10.7 Å². The Morgan fingerprint density at radius 2 is 2.09 bits per heavy atom. The number of sulfone groups is 2. The molecule has 1 aliphatic rings. The molecule has 1 heterocycles. The molecule has 0 aromatic heterocycles. The van der Waals surface area contributed by atoms with Crippen molar-refractivity contribution in [1.82, 2.24) is 5.32 Å². The zero-order valence-corrected chi connectivity index (χ0v) is 13.8. The van der Waals surface area contributed by atoms with E-state index >= 15 is 0 Å². The van der Waals surface area contributed by atoms with Gasteiger partial charge in [0.05, 0.1) is 16.8 Å². The molecule has 8 heteroatoms. The van der Waals surface area contributed by atoms with Crippen molar-refractivity contribution in [2.75, 3.05) is 18.1 Å². The molecule has 5 nitrogen and oxygen atoms in total. The third-order valence-electron chi connectivity index (χ3n) is 3.62. The first-order chi connectivity index (χ1) is 10.2. The number of hydrogen-bond donors (Lipinski definition) is 1. The lowest BCUT2D eigenvalue weighted by Crippen LogP contribution is -2.43. The van der Waals surface area contributed by atoms with Gasteiger partial charge in [0, 0.05) is 12.6 Å². The van der Waals surface area contributed by atoms with E-state index in [1.165, 1.54) is 18.2 Å². The third-order valence-corrected chi connectivity index (χ3v) is 7.78. The van der Waals surface area contributed by atoms with Crippen LogP contribution in [-0.4, -0.2) is 46.2 Å². The topological polar surface area (TPSA) is 80.3 Å². The van der Waals surface area contributed by atoms with Crippen LogP contribution in [0.4, 0.5) is 4.39 Å². The van der Waals surface area contributed by atoms with E-state index in [0.717, 1.165) is 6.07 Å². The number of halogens is 1. The Morgan fingerprint density at radius 1 is 1.41 bits per heavy atom. The largest absolute Gasteiger partial charge is 0.308 e. The summed E-state index contributed by atoms with van der Waals surface area (Å²) >= 11 is 0. The van der Waals surface area contributed by atoms with Crippen LogP contribution in [0.5, 0.6) is 0 Å². The van der Waals surface area contributed by atoms with Gasteiger partial charge in [-0.1, -0.05) is 12.1 Å². The molecule has 0 unspecified atom stereocenters. The van der Waals surface area contributed by atoms with Gasteiger partial charge in [-0.05, 0) is 24.6 Å². The van der Waals surface area contributed by atoms with Crippen molar-refractivity contribution >= 4 is 19.7 Å². The van der Waals surface area contributed by atoms with E-state index in [0.29, 0.717) is 5.56 Å². The molecular weight excluding hydrogens is 329 g/mol. The van der Waals surface area contributed by atoms with Gasteiger partial charge in [0.25, 0.3) is 0 Å². The summed E-state index contributed by atoms with van der Waals surface area (Å²) in [5.41, 5.74) is 0.594. The van der Waals surface area contributed by atoms with Gasteiger partial charge >= 0.3 is 0 Å². The van der Waals surface area contributed by atoms with Crippen LogP contribution >= 0.6 is 0 Å². The highest BCUT2D eigenvalue weighted by atomic mass is 32.2. The molecule has 0 amide bonds. The molecule has 0 bridgehead atoms. The Bertz CT molecular complexity index is 787. The Morgan fingerprint density at radius 3 is 2.73 bits per heavy atom. The summed E-state index contributed by atoms with van der Waals surface area (Å²) in [4.78, 5) is -0.444. The van der Waals surface area contributed by atoms with Crippen LogP contribution in [0.3, 0.4) is 0 Å². The van der Waals surface area contributed by atoms with E-state index in [1.54, 1.807) is 6.92 Å². The Kier molecular flexibility index (Phi) is 4.74. The van der Waals surface area contributed by atoms with Crippen LogP contribution in [0.1, 0.15) is 5.56 Å². The zero-order valence-electron chi connectivity index (χ0n) is 12.1. The average molecular weight is 347 g/mol. The predicted molar refractivity (Wildman–Crippen MR) is 82.8 cm³/mol. The maximum absolute atomic E-state index is 13.9. The molecule has 1 aromatic rings. The summed E-state index contributed by atoms with van der Waals surface area (Å²) in [5, 5.41) is 1.65. The fraction of sp³-hybridized carbons (Fsp3) is 0.429. The van der Waals surface area contributed by atoms with Crippen LogP contribution in [0.25, 0.3) is 0 Å². The molecule has 1 N–H and O–H groups in total. The second-order valence-electron chi connectivity index (χ2n) is 5.40. The number of hydrogen-bond acceptors (Lipinski definition) is 5. The highest BCUT2D eigenvalue weighted by molar-refractivity contribution is 7.96. The summed E-state index contributed by atoms with van der Waals surface area (Å²) in [6.45, 7) is 5.44. The lowest BCUT2D eigenvalue weighted by Gasteiger charge is -2.19. The molecule has 1 fully saturated rings. The molecule has 1 aromatic carbocycles.